The van der Waals surface area contributed by atoms with Gasteiger partial charge in [-0.05, 0) is 56.2 Å². The molecule has 1 atom stereocenters. The van der Waals surface area contributed by atoms with Crippen LogP contribution in [0.15, 0.2) is 42.5 Å². The van der Waals surface area contributed by atoms with Gasteiger partial charge in [-0.15, -0.1) is 0 Å². The van der Waals surface area contributed by atoms with Gasteiger partial charge in [-0.2, -0.15) is 5.26 Å². The van der Waals surface area contributed by atoms with Crippen molar-refractivity contribution in [2.75, 3.05) is 11.9 Å². The summed E-state index contributed by atoms with van der Waals surface area (Å²) in [6, 6.07) is 14.2. The minimum Gasteiger partial charge on any atom is -0.482 e. The summed E-state index contributed by atoms with van der Waals surface area (Å²) in [6.45, 7) is 5.03. The van der Waals surface area contributed by atoms with Crippen molar-refractivity contribution in [1.82, 2.24) is 0 Å². The van der Waals surface area contributed by atoms with E-state index in [2.05, 4.69) is 5.32 Å². The third-order valence-corrected chi connectivity index (χ3v) is 3.53. The van der Waals surface area contributed by atoms with E-state index in [0.717, 1.165) is 11.1 Å². The summed E-state index contributed by atoms with van der Waals surface area (Å²) >= 11 is 0. The molecule has 2 rings (SSSR count). The lowest BCUT2D eigenvalue weighted by atomic mass is 10.1. The Kier molecular flexibility index (Phi) is 6.34. The van der Waals surface area contributed by atoms with E-state index < -0.39 is 18.0 Å². The van der Waals surface area contributed by atoms with Gasteiger partial charge in [0.1, 0.15) is 11.8 Å². The van der Waals surface area contributed by atoms with Crippen LogP contribution in [0.5, 0.6) is 5.75 Å². The van der Waals surface area contributed by atoms with Gasteiger partial charge in [0.05, 0.1) is 11.3 Å². The summed E-state index contributed by atoms with van der Waals surface area (Å²) in [7, 11) is 0. The second-order valence-corrected chi connectivity index (χ2v) is 5.89. The van der Waals surface area contributed by atoms with Crippen LogP contribution < -0.4 is 10.1 Å². The van der Waals surface area contributed by atoms with Crippen molar-refractivity contribution in [2.24, 2.45) is 0 Å². The molecular weight excluding hydrogens is 332 g/mol. The number of nitrogens with one attached hydrogen (secondary N) is 1. The Morgan fingerprint density at radius 3 is 2.46 bits per heavy atom. The van der Waals surface area contributed by atoms with Crippen molar-refractivity contribution in [3.8, 4) is 11.8 Å². The highest BCUT2D eigenvalue weighted by Crippen LogP contribution is 2.16. The molecule has 0 fully saturated rings. The van der Waals surface area contributed by atoms with E-state index >= 15 is 0 Å². The first kappa shape index (κ1) is 19.0. The third-order valence-electron chi connectivity index (χ3n) is 3.53. The van der Waals surface area contributed by atoms with Crippen molar-refractivity contribution in [3.63, 3.8) is 0 Å². The van der Waals surface area contributed by atoms with Gasteiger partial charge in [-0.1, -0.05) is 18.2 Å². The first-order valence-corrected chi connectivity index (χ1v) is 8.09. The molecule has 1 N–H and O–H groups in total. The van der Waals surface area contributed by atoms with Crippen LogP contribution in [0.2, 0.25) is 0 Å². The molecule has 0 aliphatic rings. The number of carbonyl (C=O) groups excluding carboxylic acids is 2. The van der Waals surface area contributed by atoms with Crippen LogP contribution in [0, 0.1) is 25.2 Å². The van der Waals surface area contributed by atoms with Crippen molar-refractivity contribution in [3.05, 3.63) is 59.2 Å². The molecule has 0 aliphatic carbocycles. The number of rotatable bonds is 6. The molecule has 1 amide bonds. The Morgan fingerprint density at radius 2 is 1.81 bits per heavy atom. The van der Waals surface area contributed by atoms with Crippen molar-refractivity contribution < 1.29 is 19.1 Å². The third kappa shape index (κ3) is 5.35. The van der Waals surface area contributed by atoms with Gasteiger partial charge in [0.25, 0.3) is 5.91 Å². The molecular formula is C20H20N2O4. The van der Waals surface area contributed by atoms with E-state index in [1.54, 1.807) is 24.3 Å². The lowest BCUT2D eigenvalue weighted by molar-refractivity contribution is -0.155. The number of hydrogen-bond acceptors (Lipinski definition) is 5. The standard InChI is InChI=1S/C20H20N2O4/c1-13-8-14(2)10-17(9-13)25-12-19(23)26-15(3)20(24)22-18-7-5-4-6-16(18)11-21/h4-10,15H,12H2,1-3H3,(H,22,24)/t15-/m1/s1. The van der Waals surface area contributed by atoms with E-state index in [0.29, 0.717) is 17.0 Å². The number of benzene rings is 2. The molecule has 0 bridgehead atoms. The number of nitrogens with zero attached hydrogens (tertiary/aromatic N) is 1. The molecule has 2 aromatic carbocycles. The van der Waals surface area contributed by atoms with Gasteiger partial charge in [-0.25, -0.2) is 4.79 Å². The quantitative estimate of drug-likeness (QED) is 0.807. The van der Waals surface area contributed by atoms with Gasteiger partial charge in [0.15, 0.2) is 12.7 Å². The van der Waals surface area contributed by atoms with Gasteiger partial charge in [-0.3, -0.25) is 4.79 Å². The molecule has 26 heavy (non-hydrogen) atoms. The fourth-order valence-electron chi connectivity index (χ4n) is 2.37. The van der Waals surface area contributed by atoms with Gasteiger partial charge >= 0.3 is 5.97 Å². The molecule has 0 spiro atoms. The predicted molar refractivity (Wildman–Crippen MR) is 96.8 cm³/mol. The highest BCUT2D eigenvalue weighted by molar-refractivity contribution is 5.96. The van der Waals surface area contributed by atoms with Gasteiger partial charge in [0, 0.05) is 0 Å². The van der Waals surface area contributed by atoms with E-state index in [4.69, 9.17) is 14.7 Å². The average molecular weight is 352 g/mol. The Morgan fingerprint density at radius 1 is 1.15 bits per heavy atom. The molecule has 2 aromatic rings. The molecule has 6 nitrogen and oxygen atoms in total. The fourth-order valence-corrected chi connectivity index (χ4v) is 2.37. The lowest BCUT2D eigenvalue weighted by Crippen LogP contribution is -2.31. The van der Waals surface area contributed by atoms with Crippen LogP contribution >= 0.6 is 0 Å². The minimum absolute atomic E-state index is 0.296. The molecule has 0 aromatic heterocycles. The number of para-hydroxylation sites is 1. The molecule has 6 heteroatoms. The monoisotopic (exact) mass is 352 g/mol. The average Bonchev–Trinajstić information content (AvgIpc) is 2.59. The summed E-state index contributed by atoms with van der Waals surface area (Å²) in [4.78, 5) is 24.0. The zero-order valence-electron chi connectivity index (χ0n) is 14.9. The van der Waals surface area contributed by atoms with Crippen LogP contribution in [0.4, 0.5) is 5.69 Å². The number of hydrogen-bond donors (Lipinski definition) is 1. The molecule has 0 radical (unpaired) electrons. The van der Waals surface area contributed by atoms with Gasteiger partial charge in [0.2, 0.25) is 0 Å². The molecule has 0 saturated heterocycles. The Bertz CT molecular complexity index is 835. The Hall–Kier alpha value is -3.33. The summed E-state index contributed by atoms with van der Waals surface area (Å²) in [5.74, 6) is -0.604. The van der Waals surface area contributed by atoms with E-state index in [1.807, 2.05) is 38.1 Å². The number of anilines is 1. The van der Waals surface area contributed by atoms with Crippen molar-refractivity contribution >= 4 is 17.6 Å². The van der Waals surface area contributed by atoms with E-state index in [1.165, 1.54) is 6.92 Å². The van der Waals surface area contributed by atoms with E-state index in [-0.39, 0.29) is 6.61 Å². The van der Waals surface area contributed by atoms with Crippen LogP contribution in [-0.2, 0) is 14.3 Å². The first-order valence-electron chi connectivity index (χ1n) is 8.09. The lowest BCUT2D eigenvalue weighted by Gasteiger charge is -2.14. The fraction of sp³-hybridized carbons (Fsp3) is 0.250. The van der Waals surface area contributed by atoms with Crippen LogP contribution in [0.1, 0.15) is 23.6 Å². The normalized spacial score (nSPS) is 11.2. The smallest absolute Gasteiger partial charge is 0.344 e. The molecule has 134 valence electrons. The number of amides is 1. The number of nitriles is 1. The Labute approximate surface area is 152 Å². The highest BCUT2D eigenvalue weighted by Gasteiger charge is 2.19. The molecule has 0 aliphatic heterocycles. The number of esters is 1. The maximum atomic E-state index is 12.1. The highest BCUT2D eigenvalue weighted by atomic mass is 16.6. The zero-order valence-corrected chi connectivity index (χ0v) is 14.9. The molecule has 0 saturated carbocycles. The minimum atomic E-state index is -1.02. The number of carbonyl (C=O) groups is 2. The maximum absolute atomic E-state index is 12.1. The van der Waals surface area contributed by atoms with E-state index in [9.17, 15) is 9.59 Å². The summed E-state index contributed by atoms with van der Waals surface area (Å²) in [6.07, 6.45) is -1.02. The van der Waals surface area contributed by atoms with Crippen molar-refractivity contribution in [1.29, 1.82) is 5.26 Å². The molecule has 0 unspecified atom stereocenters. The molecule has 0 heterocycles. The van der Waals surface area contributed by atoms with Crippen LogP contribution in [-0.4, -0.2) is 24.6 Å². The number of ether oxygens (including phenoxy) is 2. The SMILES string of the molecule is Cc1cc(C)cc(OCC(=O)O[C@H](C)C(=O)Nc2ccccc2C#N)c1. The summed E-state index contributed by atoms with van der Waals surface area (Å²) in [5, 5.41) is 11.6. The zero-order chi connectivity index (χ0) is 19.1. The predicted octanol–water partition coefficient (Wildman–Crippen LogP) is 3.12. The Balaban J connectivity index is 1.88. The largest absolute Gasteiger partial charge is 0.482 e. The first-order chi connectivity index (χ1) is 12.4. The summed E-state index contributed by atoms with van der Waals surface area (Å²) in [5.41, 5.74) is 2.75. The number of aryl methyl sites for hydroxylation is 2. The van der Waals surface area contributed by atoms with Crippen LogP contribution in [0.25, 0.3) is 0 Å². The van der Waals surface area contributed by atoms with Crippen LogP contribution in [0.3, 0.4) is 0 Å². The maximum Gasteiger partial charge on any atom is 0.344 e. The topological polar surface area (TPSA) is 88.4 Å². The van der Waals surface area contributed by atoms with Gasteiger partial charge < -0.3 is 14.8 Å². The summed E-state index contributed by atoms with van der Waals surface area (Å²) < 4.78 is 10.5. The second-order valence-electron chi connectivity index (χ2n) is 5.89. The second kappa shape index (κ2) is 8.67. The van der Waals surface area contributed by atoms with Crippen molar-refractivity contribution in [2.45, 2.75) is 26.9 Å².